The zero-order chi connectivity index (χ0) is 14.3. The van der Waals surface area contributed by atoms with Crippen LogP contribution in [0.1, 0.15) is 27.6 Å². The molecule has 3 aromatic carbocycles. The topological polar surface area (TPSA) is 34.1 Å². The van der Waals surface area contributed by atoms with E-state index in [0.717, 1.165) is 32.3 Å². The first kappa shape index (κ1) is 13.0. The second-order valence-corrected chi connectivity index (χ2v) is 5.65. The quantitative estimate of drug-likeness (QED) is 0.386. The van der Waals surface area contributed by atoms with Crippen molar-refractivity contribution in [3.8, 4) is 0 Å². The van der Waals surface area contributed by atoms with Gasteiger partial charge in [-0.15, -0.1) is 0 Å². The maximum absolute atomic E-state index is 11.9. The number of aldehydes is 1. The molecule has 0 bridgehead atoms. The number of Topliss-reactive ketones (excluding diaryl/α,β-unsaturated/α-hetero) is 1. The normalized spacial score (nSPS) is 10.9. The zero-order valence-electron chi connectivity index (χ0n) is 10.8. The van der Waals surface area contributed by atoms with E-state index in [-0.39, 0.29) is 5.78 Å². The number of ketones is 1. The first-order valence-corrected chi connectivity index (χ1v) is 7.02. The van der Waals surface area contributed by atoms with E-state index in [0.29, 0.717) is 11.1 Å². The summed E-state index contributed by atoms with van der Waals surface area (Å²) in [5, 5.41) is 3.70. The number of hydrogen-bond acceptors (Lipinski definition) is 2. The van der Waals surface area contributed by atoms with Crippen molar-refractivity contribution >= 4 is 49.5 Å². The fraction of sp³-hybridized carbons (Fsp3) is 0.0588. The van der Waals surface area contributed by atoms with Crippen LogP contribution in [0.2, 0.25) is 0 Å². The lowest BCUT2D eigenvalue weighted by molar-refractivity contribution is 0.101. The third-order valence-electron chi connectivity index (χ3n) is 3.48. The van der Waals surface area contributed by atoms with E-state index < -0.39 is 0 Å². The van der Waals surface area contributed by atoms with Crippen LogP contribution in [0.3, 0.4) is 0 Å². The molecule has 0 aliphatic rings. The van der Waals surface area contributed by atoms with E-state index in [1.54, 1.807) is 6.07 Å². The van der Waals surface area contributed by atoms with Crippen molar-refractivity contribution in [3.63, 3.8) is 0 Å². The summed E-state index contributed by atoms with van der Waals surface area (Å²) >= 11 is 3.45. The average molecular weight is 327 g/mol. The first-order valence-electron chi connectivity index (χ1n) is 6.23. The van der Waals surface area contributed by atoms with E-state index in [2.05, 4.69) is 15.9 Å². The summed E-state index contributed by atoms with van der Waals surface area (Å²) in [7, 11) is 0. The van der Waals surface area contributed by atoms with Gasteiger partial charge in [0, 0.05) is 21.0 Å². The van der Waals surface area contributed by atoms with Crippen molar-refractivity contribution in [2.24, 2.45) is 0 Å². The van der Waals surface area contributed by atoms with Gasteiger partial charge in [-0.25, -0.2) is 0 Å². The minimum absolute atomic E-state index is 0.0359. The molecular formula is C17H11BrO2. The van der Waals surface area contributed by atoms with E-state index in [1.807, 2.05) is 36.4 Å². The third-order valence-corrected chi connectivity index (χ3v) is 3.97. The Morgan fingerprint density at radius 2 is 1.90 bits per heavy atom. The number of carbonyl (C=O) groups is 2. The highest BCUT2D eigenvalue weighted by molar-refractivity contribution is 9.10. The molecule has 0 fully saturated rings. The molecule has 3 aromatic rings. The average Bonchev–Trinajstić information content (AvgIpc) is 2.45. The summed E-state index contributed by atoms with van der Waals surface area (Å²) < 4.78 is 0.963. The van der Waals surface area contributed by atoms with E-state index in [9.17, 15) is 9.59 Å². The van der Waals surface area contributed by atoms with Gasteiger partial charge in [-0.1, -0.05) is 40.2 Å². The van der Waals surface area contributed by atoms with Crippen molar-refractivity contribution in [2.45, 2.75) is 6.92 Å². The Hall–Kier alpha value is -2.00. The van der Waals surface area contributed by atoms with Crippen molar-refractivity contribution in [3.05, 3.63) is 58.1 Å². The molecule has 2 nitrogen and oxygen atoms in total. The van der Waals surface area contributed by atoms with Gasteiger partial charge in [0.15, 0.2) is 12.1 Å². The monoisotopic (exact) mass is 326 g/mol. The van der Waals surface area contributed by atoms with Crippen LogP contribution in [-0.4, -0.2) is 12.1 Å². The van der Waals surface area contributed by atoms with Gasteiger partial charge in [0.05, 0.1) is 0 Å². The van der Waals surface area contributed by atoms with Gasteiger partial charge in [-0.3, -0.25) is 9.59 Å². The smallest absolute Gasteiger partial charge is 0.160 e. The summed E-state index contributed by atoms with van der Waals surface area (Å²) in [5.74, 6) is -0.0359. The fourth-order valence-corrected chi connectivity index (χ4v) is 2.98. The summed E-state index contributed by atoms with van der Waals surface area (Å²) in [6, 6.07) is 13.3. The van der Waals surface area contributed by atoms with Crippen molar-refractivity contribution in [2.75, 3.05) is 0 Å². The lowest BCUT2D eigenvalue weighted by Gasteiger charge is -2.10. The number of hydrogen-bond donors (Lipinski definition) is 0. The minimum Gasteiger partial charge on any atom is -0.298 e. The number of benzene rings is 3. The standard InChI is InChI=1S/C17H11BrO2/c1-10(20)16-8-12-7-13(18)5-6-14(12)15-4-2-3-11(9-19)17(15)16/h2-9H,1H3. The Balaban J connectivity index is 2.61. The number of carbonyl (C=O) groups excluding carboxylic acids is 2. The van der Waals surface area contributed by atoms with Gasteiger partial charge in [0.1, 0.15) is 0 Å². The minimum atomic E-state index is -0.0359. The maximum Gasteiger partial charge on any atom is 0.160 e. The number of fused-ring (bicyclic) bond motifs is 3. The molecule has 0 amide bonds. The van der Waals surface area contributed by atoms with Crippen molar-refractivity contribution in [1.82, 2.24) is 0 Å². The molecule has 0 aliphatic heterocycles. The molecule has 0 saturated carbocycles. The van der Waals surface area contributed by atoms with E-state index >= 15 is 0 Å². The first-order chi connectivity index (χ1) is 9.61. The SMILES string of the molecule is CC(=O)c1cc2cc(Br)ccc2c2cccc(C=O)c12. The van der Waals surface area contributed by atoms with Crippen LogP contribution in [-0.2, 0) is 0 Å². The molecule has 0 unspecified atom stereocenters. The predicted molar refractivity (Wildman–Crippen MR) is 84.5 cm³/mol. The fourth-order valence-electron chi connectivity index (χ4n) is 2.60. The molecule has 3 rings (SSSR count). The Bertz CT molecular complexity index is 866. The Kier molecular flexibility index (Phi) is 3.14. The lowest BCUT2D eigenvalue weighted by atomic mass is 9.93. The lowest BCUT2D eigenvalue weighted by Crippen LogP contribution is -1.97. The van der Waals surface area contributed by atoms with Gasteiger partial charge >= 0.3 is 0 Å². The van der Waals surface area contributed by atoms with Gasteiger partial charge < -0.3 is 0 Å². The highest BCUT2D eigenvalue weighted by Gasteiger charge is 2.13. The third kappa shape index (κ3) is 1.95. The molecule has 98 valence electrons. The van der Waals surface area contributed by atoms with Crippen LogP contribution < -0.4 is 0 Å². The van der Waals surface area contributed by atoms with Gasteiger partial charge in [0.25, 0.3) is 0 Å². The second-order valence-electron chi connectivity index (χ2n) is 4.73. The van der Waals surface area contributed by atoms with Crippen LogP contribution in [0.5, 0.6) is 0 Å². The van der Waals surface area contributed by atoms with E-state index in [1.165, 1.54) is 6.92 Å². The molecular weight excluding hydrogens is 316 g/mol. The highest BCUT2D eigenvalue weighted by Crippen LogP contribution is 2.32. The van der Waals surface area contributed by atoms with Crippen molar-refractivity contribution < 1.29 is 9.59 Å². The summed E-state index contributed by atoms with van der Waals surface area (Å²) in [6.07, 6.45) is 0.805. The van der Waals surface area contributed by atoms with Crippen LogP contribution in [0, 0.1) is 0 Å². The predicted octanol–water partition coefficient (Wildman–Crippen LogP) is 4.77. The highest BCUT2D eigenvalue weighted by atomic mass is 79.9. The molecule has 0 heterocycles. The largest absolute Gasteiger partial charge is 0.298 e. The molecule has 0 spiro atoms. The van der Waals surface area contributed by atoms with Crippen molar-refractivity contribution in [1.29, 1.82) is 0 Å². The summed E-state index contributed by atoms with van der Waals surface area (Å²) in [5.41, 5.74) is 1.14. The molecule has 3 heteroatoms. The zero-order valence-corrected chi connectivity index (χ0v) is 12.4. The molecule has 20 heavy (non-hydrogen) atoms. The van der Waals surface area contributed by atoms with Crippen LogP contribution in [0.25, 0.3) is 21.5 Å². The molecule has 0 atom stereocenters. The molecule has 0 saturated heterocycles. The van der Waals surface area contributed by atoms with Crippen LogP contribution in [0.15, 0.2) is 46.9 Å². The van der Waals surface area contributed by atoms with E-state index in [4.69, 9.17) is 0 Å². The Morgan fingerprint density at radius 3 is 2.60 bits per heavy atom. The molecule has 0 aliphatic carbocycles. The molecule has 0 aromatic heterocycles. The van der Waals surface area contributed by atoms with Crippen LogP contribution >= 0.6 is 15.9 Å². The summed E-state index contributed by atoms with van der Waals surface area (Å²) in [6.45, 7) is 1.53. The van der Waals surface area contributed by atoms with Gasteiger partial charge in [-0.05, 0) is 41.3 Å². The molecule has 0 N–H and O–H groups in total. The van der Waals surface area contributed by atoms with Crippen LogP contribution in [0.4, 0.5) is 0 Å². The summed E-state index contributed by atoms with van der Waals surface area (Å²) in [4.78, 5) is 23.2. The maximum atomic E-state index is 11.9. The Labute approximate surface area is 124 Å². The molecule has 0 radical (unpaired) electrons. The Morgan fingerprint density at radius 1 is 1.10 bits per heavy atom. The number of rotatable bonds is 2. The van der Waals surface area contributed by atoms with Gasteiger partial charge in [0.2, 0.25) is 0 Å². The second kappa shape index (κ2) is 4.84. The van der Waals surface area contributed by atoms with Gasteiger partial charge in [-0.2, -0.15) is 0 Å². The number of halogens is 1.